The van der Waals surface area contributed by atoms with E-state index < -0.39 is 0 Å². The molecular formula is C18H19N7O3S. The summed E-state index contributed by atoms with van der Waals surface area (Å²) >= 11 is 1.64. The third-order valence-corrected chi connectivity index (χ3v) is 6.25. The number of fused-ring (bicyclic) bond motifs is 3. The Morgan fingerprint density at radius 3 is 2.69 bits per heavy atom. The molecule has 1 amide bonds. The van der Waals surface area contributed by atoms with Gasteiger partial charge in [-0.2, -0.15) is 0 Å². The van der Waals surface area contributed by atoms with Crippen LogP contribution in [0.15, 0.2) is 12.4 Å². The summed E-state index contributed by atoms with van der Waals surface area (Å²) in [6.07, 6.45) is 2.91. The molecule has 0 unspecified atom stereocenters. The van der Waals surface area contributed by atoms with E-state index in [1.165, 1.54) is 7.11 Å². The van der Waals surface area contributed by atoms with E-state index in [0.717, 1.165) is 39.6 Å². The van der Waals surface area contributed by atoms with Gasteiger partial charge in [-0.15, -0.1) is 11.3 Å². The first kappa shape index (κ1) is 18.0. The van der Waals surface area contributed by atoms with Crippen molar-refractivity contribution in [2.45, 2.75) is 13.1 Å². The maximum absolute atomic E-state index is 12.0. The molecule has 0 radical (unpaired) electrons. The van der Waals surface area contributed by atoms with Crippen LogP contribution in [0.3, 0.4) is 0 Å². The average Bonchev–Trinajstić information content (AvgIpc) is 3.32. The largest absolute Gasteiger partial charge is 0.453 e. The highest BCUT2D eigenvalue weighted by atomic mass is 32.1. The molecule has 11 heteroatoms. The summed E-state index contributed by atoms with van der Waals surface area (Å²) in [4.78, 5) is 34.8. The number of amides is 1. The molecule has 3 aromatic heterocycles. The molecule has 5 rings (SSSR count). The van der Waals surface area contributed by atoms with Crippen molar-refractivity contribution in [3.05, 3.63) is 22.8 Å². The van der Waals surface area contributed by atoms with Gasteiger partial charge in [0.1, 0.15) is 0 Å². The van der Waals surface area contributed by atoms with Crippen LogP contribution in [0.4, 0.5) is 16.6 Å². The molecule has 0 aromatic carbocycles. The van der Waals surface area contributed by atoms with E-state index in [2.05, 4.69) is 14.9 Å². The molecule has 0 spiro atoms. The molecular weight excluding hydrogens is 394 g/mol. The van der Waals surface area contributed by atoms with Gasteiger partial charge in [0, 0.05) is 35.9 Å². The van der Waals surface area contributed by atoms with E-state index in [9.17, 15) is 4.79 Å². The molecule has 2 aliphatic rings. The number of methoxy groups -OCH3 is 1. The number of nitrogens with zero attached hydrogens (tertiary/aromatic N) is 6. The van der Waals surface area contributed by atoms with Crippen molar-refractivity contribution in [2.24, 2.45) is 0 Å². The van der Waals surface area contributed by atoms with Gasteiger partial charge >= 0.3 is 6.09 Å². The van der Waals surface area contributed by atoms with E-state index in [4.69, 9.17) is 25.2 Å². The normalized spacial score (nSPS) is 16.3. The monoisotopic (exact) mass is 413 g/mol. The highest BCUT2D eigenvalue weighted by Crippen LogP contribution is 2.41. The van der Waals surface area contributed by atoms with Crippen LogP contribution >= 0.6 is 11.3 Å². The second kappa shape index (κ2) is 7.08. The fourth-order valence-electron chi connectivity index (χ4n) is 3.60. The molecule has 5 heterocycles. The average molecular weight is 413 g/mol. The van der Waals surface area contributed by atoms with E-state index in [-0.39, 0.29) is 12.0 Å². The minimum absolute atomic E-state index is 0.202. The fraction of sp³-hybridized carbons (Fsp3) is 0.389. The van der Waals surface area contributed by atoms with Gasteiger partial charge in [-0.1, -0.05) is 0 Å². The summed E-state index contributed by atoms with van der Waals surface area (Å²) in [6.45, 7) is 3.84. The Labute approximate surface area is 170 Å². The number of nitrogen functional groups attached to an aromatic ring is 1. The molecule has 0 atom stereocenters. The highest BCUT2D eigenvalue weighted by molar-refractivity contribution is 7.19. The van der Waals surface area contributed by atoms with Crippen molar-refractivity contribution in [2.75, 3.05) is 44.0 Å². The summed E-state index contributed by atoms with van der Waals surface area (Å²) < 4.78 is 11.4. The number of aromatic nitrogens is 4. The number of morpholine rings is 1. The quantitative estimate of drug-likeness (QED) is 0.668. The number of carbonyl (C=O) groups excluding carboxylic acids is 1. The van der Waals surface area contributed by atoms with Gasteiger partial charge in [0.05, 0.1) is 49.2 Å². The van der Waals surface area contributed by atoms with Crippen molar-refractivity contribution < 1.29 is 14.3 Å². The van der Waals surface area contributed by atoms with Crippen LogP contribution in [0.1, 0.15) is 10.4 Å². The minimum Gasteiger partial charge on any atom is -0.453 e. The zero-order valence-corrected chi connectivity index (χ0v) is 16.6. The van der Waals surface area contributed by atoms with Crippen molar-refractivity contribution in [3.8, 4) is 11.4 Å². The van der Waals surface area contributed by atoms with Crippen LogP contribution in [0, 0.1) is 0 Å². The van der Waals surface area contributed by atoms with Gasteiger partial charge in [0.15, 0.2) is 11.6 Å². The van der Waals surface area contributed by atoms with Gasteiger partial charge in [-0.05, 0) is 0 Å². The van der Waals surface area contributed by atoms with Gasteiger partial charge in [0.25, 0.3) is 0 Å². The first-order chi connectivity index (χ1) is 14.1. The summed E-state index contributed by atoms with van der Waals surface area (Å²) in [6, 6.07) is 0. The summed E-state index contributed by atoms with van der Waals surface area (Å²) in [5.41, 5.74) is 8.22. The third kappa shape index (κ3) is 3.12. The molecule has 2 aliphatic heterocycles. The van der Waals surface area contributed by atoms with Crippen molar-refractivity contribution in [1.29, 1.82) is 0 Å². The summed E-state index contributed by atoms with van der Waals surface area (Å²) in [7, 11) is 1.39. The van der Waals surface area contributed by atoms with Crippen molar-refractivity contribution in [3.63, 3.8) is 0 Å². The zero-order valence-electron chi connectivity index (χ0n) is 15.8. The Hall–Kier alpha value is -3.05. The number of nitrogens with two attached hydrogens (primary N) is 1. The number of hydrogen-bond donors (Lipinski definition) is 1. The molecule has 0 bridgehead atoms. The van der Waals surface area contributed by atoms with Gasteiger partial charge in [0.2, 0.25) is 5.95 Å². The maximum atomic E-state index is 12.0. The lowest BCUT2D eigenvalue weighted by molar-refractivity contribution is 0.122. The van der Waals surface area contributed by atoms with Crippen LogP contribution in [0.2, 0.25) is 0 Å². The molecule has 150 valence electrons. The fourth-order valence-corrected chi connectivity index (χ4v) is 4.88. The predicted octanol–water partition coefficient (Wildman–Crippen LogP) is 1.65. The van der Waals surface area contributed by atoms with Crippen molar-refractivity contribution in [1.82, 2.24) is 24.8 Å². The Morgan fingerprint density at radius 2 is 1.97 bits per heavy atom. The highest BCUT2D eigenvalue weighted by Gasteiger charge is 2.31. The van der Waals surface area contributed by atoms with E-state index in [1.807, 2.05) is 0 Å². The van der Waals surface area contributed by atoms with Crippen LogP contribution in [-0.4, -0.2) is 64.3 Å². The van der Waals surface area contributed by atoms with Gasteiger partial charge in [-0.25, -0.2) is 24.7 Å². The smallest absolute Gasteiger partial charge is 0.410 e. The van der Waals surface area contributed by atoms with Crippen molar-refractivity contribution >= 4 is 39.4 Å². The van der Waals surface area contributed by atoms with Crippen LogP contribution in [-0.2, 0) is 22.6 Å². The Morgan fingerprint density at radius 1 is 1.21 bits per heavy atom. The Balaban J connectivity index is 1.65. The number of carbonyl (C=O) groups is 1. The zero-order chi connectivity index (χ0) is 20.0. The summed E-state index contributed by atoms with van der Waals surface area (Å²) in [5, 5.41) is 0. The lowest BCUT2D eigenvalue weighted by Gasteiger charge is -2.28. The summed E-state index contributed by atoms with van der Waals surface area (Å²) in [5.74, 6) is 1.62. The third-order valence-electron chi connectivity index (χ3n) is 5.05. The van der Waals surface area contributed by atoms with E-state index in [0.29, 0.717) is 37.7 Å². The molecule has 10 nitrogen and oxygen atoms in total. The molecule has 0 saturated carbocycles. The topological polar surface area (TPSA) is 120 Å². The van der Waals surface area contributed by atoms with Crippen LogP contribution in [0.25, 0.3) is 21.6 Å². The molecule has 3 aromatic rings. The predicted molar refractivity (Wildman–Crippen MR) is 108 cm³/mol. The molecule has 1 fully saturated rings. The first-order valence-corrected chi connectivity index (χ1v) is 10.0. The number of rotatable bonds is 2. The van der Waals surface area contributed by atoms with Crippen LogP contribution in [0.5, 0.6) is 0 Å². The van der Waals surface area contributed by atoms with E-state index in [1.54, 1.807) is 28.6 Å². The lowest BCUT2D eigenvalue weighted by atomic mass is 10.2. The molecule has 1 saturated heterocycles. The number of thiophene rings is 1. The Kier molecular flexibility index (Phi) is 4.40. The van der Waals surface area contributed by atoms with Gasteiger partial charge in [-0.3, -0.25) is 4.90 Å². The Bertz CT molecular complexity index is 1080. The SMILES string of the molecule is COC(=O)N1Cc2sc3c(N4CCOCC4)nc(-c4cnc(N)nc4)nc3c2C1. The standard InChI is InChI=1S/C18H19N7O3S/c1-27-18(26)25-8-11-12(9-25)29-14-13(11)22-15(10-6-20-17(19)21-7-10)23-16(14)24-2-4-28-5-3-24/h6-7H,2-5,8-9H2,1H3,(H2,19,20,21). The number of anilines is 2. The maximum Gasteiger partial charge on any atom is 0.410 e. The van der Waals surface area contributed by atoms with Gasteiger partial charge < -0.3 is 20.1 Å². The number of ether oxygens (including phenoxy) is 2. The lowest BCUT2D eigenvalue weighted by Crippen LogP contribution is -2.37. The first-order valence-electron chi connectivity index (χ1n) is 9.20. The molecule has 0 aliphatic carbocycles. The van der Waals surface area contributed by atoms with E-state index >= 15 is 0 Å². The second-order valence-corrected chi connectivity index (χ2v) is 7.91. The minimum atomic E-state index is -0.337. The number of hydrogen-bond acceptors (Lipinski definition) is 10. The second-order valence-electron chi connectivity index (χ2n) is 6.81. The molecule has 29 heavy (non-hydrogen) atoms. The van der Waals surface area contributed by atoms with Crippen LogP contribution < -0.4 is 10.6 Å². The molecule has 2 N–H and O–H groups in total.